The molecule has 2 rings (SSSR count). The molecule has 1 saturated heterocycles. The summed E-state index contributed by atoms with van der Waals surface area (Å²) >= 11 is 1.79. The molecule has 2 N–H and O–H groups in total. The molecule has 0 unspecified atom stereocenters. The van der Waals surface area contributed by atoms with E-state index in [-0.39, 0.29) is 0 Å². The van der Waals surface area contributed by atoms with Crippen molar-refractivity contribution in [2.45, 2.75) is 11.4 Å². The van der Waals surface area contributed by atoms with E-state index in [0.717, 1.165) is 11.3 Å². The number of thioether (sulfide) groups is 1. The number of aliphatic hydroxyl groups is 1. The van der Waals surface area contributed by atoms with E-state index in [1.54, 1.807) is 11.8 Å². The molecule has 1 fully saturated rings. The molecule has 0 aromatic heterocycles. The van der Waals surface area contributed by atoms with Gasteiger partial charge in [0.1, 0.15) is 5.60 Å². The molecule has 76 valence electrons. The average Bonchev–Trinajstić information content (AvgIpc) is 2.16. The van der Waals surface area contributed by atoms with Crippen LogP contribution in [0.5, 0.6) is 0 Å². The number of benzene rings is 1. The summed E-state index contributed by atoms with van der Waals surface area (Å²) < 4.78 is 0. The van der Waals surface area contributed by atoms with E-state index < -0.39 is 5.60 Å². The molecule has 1 aromatic carbocycles. The van der Waals surface area contributed by atoms with E-state index in [1.807, 2.05) is 18.2 Å². The zero-order valence-electron chi connectivity index (χ0n) is 8.29. The summed E-state index contributed by atoms with van der Waals surface area (Å²) in [5.74, 6) is 0.971. The molecule has 1 aliphatic rings. The first-order valence-electron chi connectivity index (χ1n) is 4.77. The van der Waals surface area contributed by atoms with Crippen molar-refractivity contribution in [2.75, 3.05) is 19.3 Å². The van der Waals surface area contributed by atoms with Crippen LogP contribution in [0.25, 0.3) is 0 Å². The van der Waals surface area contributed by atoms with E-state index in [0.29, 0.717) is 13.1 Å². The van der Waals surface area contributed by atoms with Gasteiger partial charge < -0.3 is 10.4 Å². The second-order valence-electron chi connectivity index (χ2n) is 3.73. The Kier molecular flexibility index (Phi) is 2.81. The summed E-state index contributed by atoms with van der Waals surface area (Å²) in [7, 11) is 0. The van der Waals surface area contributed by atoms with E-state index in [4.69, 9.17) is 0 Å². The van der Waals surface area contributed by atoms with Crippen molar-refractivity contribution >= 4 is 11.8 Å². The van der Waals surface area contributed by atoms with Crippen molar-refractivity contribution in [1.29, 1.82) is 0 Å². The molecule has 0 saturated carbocycles. The molecule has 0 aliphatic carbocycles. The number of rotatable bonds is 3. The van der Waals surface area contributed by atoms with Crippen LogP contribution in [-0.4, -0.2) is 24.5 Å². The smallest absolute Gasteiger partial charge is 0.115 e. The fourth-order valence-corrected chi connectivity index (χ4v) is 2.37. The Bertz CT molecular complexity index is 323. The van der Waals surface area contributed by atoms with Gasteiger partial charge in [0.25, 0.3) is 0 Å². The topological polar surface area (TPSA) is 32.3 Å². The molecule has 0 spiro atoms. The number of hydrogen-bond donors (Lipinski definition) is 2. The Morgan fingerprint density at radius 3 is 2.71 bits per heavy atom. The fraction of sp³-hybridized carbons (Fsp3) is 0.455. The third-order valence-electron chi connectivity index (χ3n) is 2.65. The second-order valence-corrected chi connectivity index (χ2v) is 4.59. The Morgan fingerprint density at radius 1 is 1.43 bits per heavy atom. The predicted octanol–water partition coefficient (Wildman–Crippen LogP) is 1.34. The van der Waals surface area contributed by atoms with Gasteiger partial charge in [-0.3, -0.25) is 0 Å². The SMILES string of the molecule is CSCc1ccccc1C1(O)CNC1. The minimum Gasteiger partial charge on any atom is -0.382 e. The molecule has 0 amide bonds. The summed E-state index contributed by atoms with van der Waals surface area (Å²) in [6.07, 6.45) is 2.08. The highest BCUT2D eigenvalue weighted by atomic mass is 32.2. The van der Waals surface area contributed by atoms with Crippen LogP contribution < -0.4 is 5.32 Å². The van der Waals surface area contributed by atoms with Crippen LogP contribution in [-0.2, 0) is 11.4 Å². The molecule has 3 heteroatoms. The zero-order chi connectivity index (χ0) is 10.0. The van der Waals surface area contributed by atoms with Gasteiger partial charge in [-0.05, 0) is 17.4 Å². The highest BCUT2D eigenvalue weighted by molar-refractivity contribution is 7.97. The lowest BCUT2D eigenvalue weighted by molar-refractivity contribution is -0.0152. The molecule has 0 atom stereocenters. The highest BCUT2D eigenvalue weighted by Crippen LogP contribution is 2.29. The van der Waals surface area contributed by atoms with Crippen molar-refractivity contribution in [3.63, 3.8) is 0 Å². The van der Waals surface area contributed by atoms with Crippen LogP contribution in [0.2, 0.25) is 0 Å². The summed E-state index contributed by atoms with van der Waals surface area (Å²) in [6.45, 7) is 1.36. The quantitative estimate of drug-likeness (QED) is 0.788. The molecule has 0 radical (unpaired) electrons. The summed E-state index contributed by atoms with van der Waals surface area (Å²) in [5.41, 5.74) is 1.73. The maximum absolute atomic E-state index is 10.2. The van der Waals surface area contributed by atoms with Crippen LogP contribution in [0.3, 0.4) is 0 Å². The molecular weight excluding hydrogens is 194 g/mol. The fourth-order valence-electron chi connectivity index (χ4n) is 1.81. The first-order chi connectivity index (χ1) is 6.76. The molecular formula is C11H15NOS. The standard InChI is InChI=1S/C11H15NOS/c1-14-6-9-4-2-3-5-10(9)11(13)7-12-8-11/h2-5,12-13H,6-8H2,1H3. The third-order valence-corrected chi connectivity index (χ3v) is 3.25. The molecule has 0 bridgehead atoms. The van der Waals surface area contributed by atoms with Crippen molar-refractivity contribution in [3.8, 4) is 0 Å². The lowest BCUT2D eigenvalue weighted by Gasteiger charge is -2.39. The normalized spacial score (nSPS) is 19.0. The maximum Gasteiger partial charge on any atom is 0.115 e. The summed E-state index contributed by atoms with van der Waals surface area (Å²) in [5, 5.41) is 13.3. The monoisotopic (exact) mass is 209 g/mol. The van der Waals surface area contributed by atoms with Gasteiger partial charge in [-0.25, -0.2) is 0 Å². The molecule has 1 heterocycles. The lowest BCUT2D eigenvalue weighted by Crippen LogP contribution is -2.57. The molecule has 1 aliphatic heterocycles. The van der Waals surface area contributed by atoms with Crippen molar-refractivity contribution < 1.29 is 5.11 Å². The van der Waals surface area contributed by atoms with Crippen LogP contribution in [0.1, 0.15) is 11.1 Å². The number of nitrogens with one attached hydrogen (secondary N) is 1. The minimum absolute atomic E-state index is 0.619. The third kappa shape index (κ3) is 1.67. The zero-order valence-corrected chi connectivity index (χ0v) is 9.10. The van der Waals surface area contributed by atoms with Gasteiger partial charge in [-0.15, -0.1) is 0 Å². The molecule has 1 aromatic rings. The van der Waals surface area contributed by atoms with Crippen LogP contribution in [0.15, 0.2) is 24.3 Å². The number of β-amino-alcohol motifs (C(OH)–C–C–N with tert-alkyl or cyclic N) is 1. The lowest BCUT2D eigenvalue weighted by atomic mass is 9.85. The highest BCUT2D eigenvalue weighted by Gasteiger charge is 2.37. The Balaban J connectivity index is 2.31. The largest absolute Gasteiger partial charge is 0.382 e. The summed E-state index contributed by atoms with van der Waals surface area (Å²) in [4.78, 5) is 0. The van der Waals surface area contributed by atoms with Gasteiger partial charge in [0.05, 0.1) is 0 Å². The first kappa shape index (κ1) is 10.0. The molecule has 14 heavy (non-hydrogen) atoms. The van der Waals surface area contributed by atoms with Crippen molar-refractivity contribution in [1.82, 2.24) is 5.32 Å². The van der Waals surface area contributed by atoms with Crippen LogP contribution in [0.4, 0.5) is 0 Å². The first-order valence-corrected chi connectivity index (χ1v) is 6.16. The van der Waals surface area contributed by atoms with E-state index in [2.05, 4.69) is 17.6 Å². The van der Waals surface area contributed by atoms with E-state index in [1.165, 1.54) is 5.56 Å². The maximum atomic E-state index is 10.2. The Morgan fingerprint density at radius 2 is 2.14 bits per heavy atom. The molecule has 2 nitrogen and oxygen atoms in total. The Hall–Kier alpha value is -0.510. The van der Waals surface area contributed by atoms with Gasteiger partial charge >= 0.3 is 0 Å². The van der Waals surface area contributed by atoms with Crippen LogP contribution >= 0.6 is 11.8 Å². The van der Waals surface area contributed by atoms with Gasteiger partial charge in [0.15, 0.2) is 0 Å². The van der Waals surface area contributed by atoms with Gasteiger partial charge in [0.2, 0.25) is 0 Å². The number of hydrogen-bond acceptors (Lipinski definition) is 3. The van der Waals surface area contributed by atoms with E-state index in [9.17, 15) is 5.11 Å². The van der Waals surface area contributed by atoms with Gasteiger partial charge in [-0.1, -0.05) is 24.3 Å². The second kappa shape index (κ2) is 3.93. The minimum atomic E-state index is -0.619. The predicted molar refractivity (Wildman–Crippen MR) is 60.4 cm³/mol. The van der Waals surface area contributed by atoms with Crippen molar-refractivity contribution in [2.24, 2.45) is 0 Å². The van der Waals surface area contributed by atoms with Gasteiger partial charge in [0, 0.05) is 18.8 Å². The van der Waals surface area contributed by atoms with E-state index >= 15 is 0 Å². The van der Waals surface area contributed by atoms with Crippen LogP contribution in [0, 0.1) is 0 Å². The summed E-state index contributed by atoms with van der Waals surface area (Å²) in [6, 6.07) is 8.16. The van der Waals surface area contributed by atoms with Gasteiger partial charge in [-0.2, -0.15) is 11.8 Å². The van der Waals surface area contributed by atoms with Crippen molar-refractivity contribution in [3.05, 3.63) is 35.4 Å². The average molecular weight is 209 g/mol. The Labute approximate surface area is 88.7 Å².